The summed E-state index contributed by atoms with van der Waals surface area (Å²) in [5, 5.41) is 9.09. The van der Waals surface area contributed by atoms with Crippen LogP contribution in [0.25, 0.3) is 5.65 Å². The average Bonchev–Trinajstić information content (AvgIpc) is 2.94. The molecule has 0 unspecified atom stereocenters. The molecule has 0 aromatic carbocycles. The number of pyridine rings is 1. The molecular weight excluding hydrogens is 236 g/mol. The summed E-state index contributed by atoms with van der Waals surface area (Å²) in [6.07, 6.45) is 5.47. The molecule has 0 radical (unpaired) electrons. The smallest absolute Gasteiger partial charge is 0.160 e. The molecule has 0 aliphatic carbocycles. The zero-order valence-corrected chi connectivity index (χ0v) is 10.4. The molecule has 0 amide bonds. The first kappa shape index (κ1) is 11.0. The summed E-state index contributed by atoms with van der Waals surface area (Å²) in [7, 11) is 0. The molecule has 17 heavy (non-hydrogen) atoms. The standard InChI is InChI=1S/C12H15ClN4/c13-10-3-4-11-14-15-12(17(11)9-10)5-8-16-6-1-2-7-16/h3-4,9H,1-2,5-8H2. The van der Waals surface area contributed by atoms with E-state index in [-0.39, 0.29) is 0 Å². The van der Waals surface area contributed by atoms with Gasteiger partial charge >= 0.3 is 0 Å². The monoisotopic (exact) mass is 250 g/mol. The van der Waals surface area contributed by atoms with Crippen LogP contribution < -0.4 is 0 Å². The molecule has 3 rings (SSSR count). The van der Waals surface area contributed by atoms with E-state index in [1.54, 1.807) is 0 Å². The Morgan fingerprint density at radius 3 is 2.82 bits per heavy atom. The largest absolute Gasteiger partial charge is 0.303 e. The maximum absolute atomic E-state index is 5.99. The second-order valence-electron chi connectivity index (χ2n) is 4.49. The molecular formula is C12H15ClN4. The lowest BCUT2D eigenvalue weighted by Crippen LogP contribution is -2.22. The molecule has 1 aliphatic rings. The highest BCUT2D eigenvalue weighted by Crippen LogP contribution is 2.13. The van der Waals surface area contributed by atoms with Crippen LogP contribution in [0.3, 0.4) is 0 Å². The highest BCUT2D eigenvalue weighted by atomic mass is 35.5. The van der Waals surface area contributed by atoms with Gasteiger partial charge in [-0.05, 0) is 38.1 Å². The van der Waals surface area contributed by atoms with Gasteiger partial charge in [0.1, 0.15) is 5.82 Å². The van der Waals surface area contributed by atoms with Crippen LogP contribution in [0.15, 0.2) is 18.3 Å². The number of likely N-dealkylation sites (tertiary alicyclic amines) is 1. The van der Waals surface area contributed by atoms with Crippen LogP contribution >= 0.6 is 11.6 Å². The van der Waals surface area contributed by atoms with Crippen molar-refractivity contribution in [3.05, 3.63) is 29.2 Å². The normalized spacial score (nSPS) is 17.0. The number of halogens is 1. The van der Waals surface area contributed by atoms with Gasteiger partial charge in [0.2, 0.25) is 0 Å². The maximum Gasteiger partial charge on any atom is 0.160 e. The van der Waals surface area contributed by atoms with Crippen molar-refractivity contribution in [2.45, 2.75) is 19.3 Å². The van der Waals surface area contributed by atoms with Gasteiger partial charge in [0.15, 0.2) is 5.65 Å². The molecule has 90 valence electrons. The van der Waals surface area contributed by atoms with E-state index in [4.69, 9.17) is 11.6 Å². The van der Waals surface area contributed by atoms with Crippen LogP contribution in [0.4, 0.5) is 0 Å². The van der Waals surface area contributed by atoms with E-state index < -0.39 is 0 Å². The Balaban J connectivity index is 1.77. The third-order valence-electron chi connectivity index (χ3n) is 3.29. The van der Waals surface area contributed by atoms with Crippen molar-refractivity contribution in [3.63, 3.8) is 0 Å². The Hall–Kier alpha value is -1.13. The Morgan fingerprint density at radius 1 is 1.18 bits per heavy atom. The minimum atomic E-state index is 0.722. The van der Waals surface area contributed by atoms with Gasteiger partial charge in [-0.1, -0.05) is 11.6 Å². The van der Waals surface area contributed by atoms with Crippen molar-refractivity contribution in [2.75, 3.05) is 19.6 Å². The van der Waals surface area contributed by atoms with E-state index in [2.05, 4.69) is 15.1 Å². The predicted octanol–water partition coefficient (Wildman–Crippen LogP) is 2.02. The zero-order valence-electron chi connectivity index (χ0n) is 9.64. The molecule has 5 heteroatoms. The lowest BCUT2D eigenvalue weighted by Gasteiger charge is -2.13. The summed E-state index contributed by atoms with van der Waals surface area (Å²) in [6, 6.07) is 3.74. The fraction of sp³-hybridized carbons (Fsp3) is 0.500. The summed E-state index contributed by atoms with van der Waals surface area (Å²) in [4.78, 5) is 2.48. The lowest BCUT2D eigenvalue weighted by atomic mass is 10.3. The van der Waals surface area contributed by atoms with Gasteiger partial charge in [-0.15, -0.1) is 10.2 Å². The quantitative estimate of drug-likeness (QED) is 0.836. The van der Waals surface area contributed by atoms with Crippen molar-refractivity contribution >= 4 is 17.2 Å². The van der Waals surface area contributed by atoms with Crippen molar-refractivity contribution in [1.29, 1.82) is 0 Å². The van der Waals surface area contributed by atoms with E-state index in [1.807, 2.05) is 22.7 Å². The van der Waals surface area contributed by atoms with Crippen molar-refractivity contribution in [2.24, 2.45) is 0 Å². The van der Waals surface area contributed by atoms with Crippen molar-refractivity contribution < 1.29 is 0 Å². The van der Waals surface area contributed by atoms with Crippen LogP contribution in [-0.2, 0) is 6.42 Å². The minimum Gasteiger partial charge on any atom is -0.303 e. The SMILES string of the molecule is Clc1ccc2nnc(CCN3CCCC3)n2c1. The fourth-order valence-corrected chi connectivity index (χ4v) is 2.51. The number of nitrogens with zero attached hydrogens (tertiary/aromatic N) is 4. The summed E-state index contributed by atoms with van der Waals surface area (Å²) >= 11 is 5.99. The van der Waals surface area contributed by atoms with Crippen LogP contribution in [-0.4, -0.2) is 39.1 Å². The zero-order chi connectivity index (χ0) is 11.7. The van der Waals surface area contributed by atoms with Gasteiger partial charge in [-0.2, -0.15) is 0 Å². The Morgan fingerprint density at radius 2 is 2.00 bits per heavy atom. The highest BCUT2D eigenvalue weighted by molar-refractivity contribution is 6.30. The number of hydrogen-bond acceptors (Lipinski definition) is 3. The Labute approximate surface area is 105 Å². The Bertz CT molecular complexity index is 516. The molecule has 1 aliphatic heterocycles. The second kappa shape index (κ2) is 4.63. The molecule has 0 atom stereocenters. The van der Waals surface area contributed by atoms with Crippen LogP contribution in [0, 0.1) is 0 Å². The predicted molar refractivity (Wildman–Crippen MR) is 67.4 cm³/mol. The summed E-state index contributed by atoms with van der Waals surface area (Å²) in [5.41, 5.74) is 0.867. The molecule has 1 saturated heterocycles. The van der Waals surface area contributed by atoms with Gasteiger partial charge in [-0.25, -0.2) is 0 Å². The minimum absolute atomic E-state index is 0.722. The molecule has 0 spiro atoms. The van der Waals surface area contributed by atoms with Gasteiger partial charge in [0.05, 0.1) is 5.02 Å². The van der Waals surface area contributed by atoms with Gasteiger partial charge in [0.25, 0.3) is 0 Å². The summed E-state index contributed by atoms with van der Waals surface area (Å²) in [6.45, 7) is 3.50. The molecule has 3 heterocycles. The fourth-order valence-electron chi connectivity index (χ4n) is 2.35. The third kappa shape index (κ3) is 2.28. The van der Waals surface area contributed by atoms with Crippen LogP contribution in [0.5, 0.6) is 0 Å². The highest BCUT2D eigenvalue weighted by Gasteiger charge is 2.13. The molecule has 0 N–H and O–H groups in total. The molecule has 0 saturated carbocycles. The lowest BCUT2D eigenvalue weighted by molar-refractivity contribution is 0.340. The van der Waals surface area contributed by atoms with Gasteiger partial charge in [0, 0.05) is 19.2 Å². The van der Waals surface area contributed by atoms with Gasteiger partial charge < -0.3 is 4.90 Å². The molecule has 2 aromatic rings. The van der Waals surface area contributed by atoms with Crippen molar-refractivity contribution in [1.82, 2.24) is 19.5 Å². The van der Waals surface area contributed by atoms with Crippen molar-refractivity contribution in [3.8, 4) is 0 Å². The number of aromatic nitrogens is 3. The van der Waals surface area contributed by atoms with E-state index in [0.717, 1.165) is 29.5 Å². The van der Waals surface area contributed by atoms with Gasteiger partial charge in [-0.3, -0.25) is 4.40 Å². The van der Waals surface area contributed by atoms with E-state index in [1.165, 1.54) is 25.9 Å². The first-order chi connectivity index (χ1) is 8.33. The number of hydrogen-bond donors (Lipinski definition) is 0. The Kier molecular flexibility index (Phi) is 2.99. The maximum atomic E-state index is 5.99. The third-order valence-corrected chi connectivity index (χ3v) is 3.51. The molecule has 0 bridgehead atoms. The van der Waals surface area contributed by atoms with E-state index in [9.17, 15) is 0 Å². The van der Waals surface area contributed by atoms with E-state index >= 15 is 0 Å². The van der Waals surface area contributed by atoms with Crippen LogP contribution in [0.2, 0.25) is 5.02 Å². The summed E-state index contributed by atoms with van der Waals surface area (Å²) in [5.74, 6) is 0.995. The number of fused-ring (bicyclic) bond motifs is 1. The molecule has 2 aromatic heterocycles. The average molecular weight is 251 g/mol. The van der Waals surface area contributed by atoms with E-state index in [0.29, 0.717) is 0 Å². The molecule has 1 fully saturated rings. The summed E-state index contributed by atoms with van der Waals surface area (Å²) < 4.78 is 1.98. The topological polar surface area (TPSA) is 33.4 Å². The molecule has 4 nitrogen and oxygen atoms in total. The number of rotatable bonds is 3. The first-order valence-electron chi connectivity index (χ1n) is 6.04. The van der Waals surface area contributed by atoms with Crippen LogP contribution in [0.1, 0.15) is 18.7 Å². The first-order valence-corrected chi connectivity index (χ1v) is 6.42. The second-order valence-corrected chi connectivity index (χ2v) is 4.93.